The van der Waals surface area contributed by atoms with Gasteiger partial charge in [-0.3, -0.25) is 0 Å². The SMILES string of the molecule is Cc1cc(S(=O)(=O)c2c(C)ccc(C)c2O)c(C)c(O)c1C. The van der Waals surface area contributed by atoms with Crippen LogP contribution in [0.1, 0.15) is 27.8 Å². The Labute approximate surface area is 131 Å². The van der Waals surface area contributed by atoms with E-state index in [-0.39, 0.29) is 21.3 Å². The zero-order valence-electron chi connectivity index (χ0n) is 13.4. The Bertz CT molecular complexity index is 865. The Kier molecular flexibility index (Phi) is 3.96. The molecule has 0 bridgehead atoms. The fourth-order valence-corrected chi connectivity index (χ4v) is 4.46. The number of benzene rings is 2. The molecule has 4 nitrogen and oxygen atoms in total. The summed E-state index contributed by atoms with van der Waals surface area (Å²) in [5.74, 6) is -0.263. The average molecular weight is 320 g/mol. The highest BCUT2D eigenvalue weighted by molar-refractivity contribution is 7.91. The lowest BCUT2D eigenvalue weighted by atomic mass is 10.1. The van der Waals surface area contributed by atoms with Crippen molar-refractivity contribution < 1.29 is 18.6 Å². The number of hydrogen-bond acceptors (Lipinski definition) is 4. The Morgan fingerprint density at radius 3 is 1.91 bits per heavy atom. The van der Waals surface area contributed by atoms with Crippen LogP contribution in [-0.4, -0.2) is 18.6 Å². The Hall–Kier alpha value is -2.01. The third-order valence-electron chi connectivity index (χ3n) is 4.11. The third kappa shape index (κ3) is 2.35. The minimum Gasteiger partial charge on any atom is -0.507 e. The summed E-state index contributed by atoms with van der Waals surface area (Å²) in [5.41, 5.74) is 2.60. The molecule has 0 unspecified atom stereocenters. The van der Waals surface area contributed by atoms with Crippen molar-refractivity contribution in [3.63, 3.8) is 0 Å². The molecule has 2 N–H and O–H groups in total. The van der Waals surface area contributed by atoms with Gasteiger partial charge in [-0.15, -0.1) is 0 Å². The van der Waals surface area contributed by atoms with Gasteiger partial charge in [0.1, 0.15) is 16.4 Å². The molecule has 2 aromatic rings. The molecule has 0 amide bonds. The maximum absolute atomic E-state index is 13.0. The van der Waals surface area contributed by atoms with Gasteiger partial charge < -0.3 is 10.2 Å². The molecular formula is C17H20O4S. The quantitative estimate of drug-likeness (QED) is 0.888. The van der Waals surface area contributed by atoms with Gasteiger partial charge in [0.15, 0.2) is 0 Å². The number of phenols is 2. The number of rotatable bonds is 2. The first-order valence-corrected chi connectivity index (χ1v) is 8.41. The fraction of sp³-hybridized carbons (Fsp3) is 0.294. The highest BCUT2D eigenvalue weighted by atomic mass is 32.2. The second-order valence-corrected chi connectivity index (χ2v) is 7.53. The maximum atomic E-state index is 13.0. The standard InChI is InChI=1S/C17H20O4S/c1-9-6-7-10(2)17(15(9)18)22(20,21)14-8-11(3)12(4)16(19)13(14)5/h6-8,18-19H,1-5H3. The van der Waals surface area contributed by atoms with E-state index >= 15 is 0 Å². The van der Waals surface area contributed by atoms with Crippen molar-refractivity contribution in [2.75, 3.05) is 0 Å². The largest absolute Gasteiger partial charge is 0.507 e. The van der Waals surface area contributed by atoms with Gasteiger partial charge in [-0.05, 0) is 62.9 Å². The van der Waals surface area contributed by atoms with E-state index in [1.54, 1.807) is 52.8 Å². The molecule has 0 heterocycles. The Morgan fingerprint density at radius 1 is 0.773 bits per heavy atom. The van der Waals surface area contributed by atoms with Gasteiger partial charge in [0.25, 0.3) is 0 Å². The Morgan fingerprint density at radius 2 is 1.32 bits per heavy atom. The van der Waals surface area contributed by atoms with E-state index in [1.165, 1.54) is 0 Å². The van der Waals surface area contributed by atoms with Crippen LogP contribution in [0.25, 0.3) is 0 Å². The summed E-state index contributed by atoms with van der Waals surface area (Å²) < 4.78 is 26.0. The third-order valence-corrected chi connectivity index (χ3v) is 6.16. The van der Waals surface area contributed by atoms with Gasteiger partial charge in [0.2, 0.25) is 9.84 Å². The molecule has 0 aliphatic rings. The fourth-order valence-electron chi connectivity index (χ4n) is 2.50. The molecule has 0 aromatic heterocycles. The molecule has 5 heteroatoms. The first-order chi connectivity index (χ1) is 10.1. The van der Waals surface area contributed by atoms with E-state index in [4.69, 9.17) is 0 Å². The smallest absolute Gasteiger partial charge is 0.210 e. The molecule has 0 aliphatic heterocycles. The van der Waals surface area contributed by atoms with Crippen LogP contribution in [0.4, 0.5) is 0 Å². The van der Waals surface area contributed by atoms with Crippen molar-refractivity contribution in [3.8, 4) is 11.5 Å². The zero-order chi connectivity index (χ0) is 16.8. The van der Waals surface area contributed by atoms with Gasteiger partial charge in [0.05, 0.1) is 4.90 Å². The van der Waals surface area contributed by atoms with Gasteiger partial charge in [-0.25, -0.2) is 8.42 Å². The van der Waals surface area contributed by atoms with Gasteiger partial charge in [-0.2, -0.15) is 0 Å². The van der Waals surface area contributed by atoms with Crippen LogP contribution in [0.5, 0.6) is 11.5 Å². The topological polar surface area (TPSA) is 74.6 Å². The highest BCUT2D eigenvalue weighted by Gasteiger charge is 2.28. The van der Waals surface area contributed by atoms with Crippen LogP contribution in [0.3, 0.4) is 0 Å². The summed E-state index contributed by atoms with van der Waals surface area (Å²) in [5, 5.41) is 20.4. The average Bonchev–Trinajstić information content (AvgIpc) is 2.44. The molecule has 2 aromatic carbocycles. The first-order valence-electron chi connectivity index (χ1n) is 6.93. The predicted octanol–water partition coefficient (Wildman–Crippen LogP) is 3.47. The minimum absolute atomic E-state index is 0.0247. The molecule has 0 spiro atoms. The van der Waals surface area contributed by atoms with Crippen LogP contribution in [0.15, 0.2) is 28.0 Å². The second-order valence-electron chi connectivity index (χ2n) is 5.67. The van der Waals surface area contributed by atoms with Gasteiger partial charge in [-0.1, -0.05) is 12.1 Å². The summed E-state index contributed by atoms with van der Waals surface area (Å²) in [7, 11) is -3.93. The monoisotopic (exact) mass is 320 g/mol. The molecule has 0 aliphatic carbocycles. The molecule has 0 saturated heterocycles. The normalized spacial score (nSPS) is 11.7. The van der Waals surface area contributed by atoms with Crippen LogP contribution in [0, 0.1) is 34.6 Å². The summed E-state index contributed by atoms with van der Waals surface area (Å²) >= 11 is 0. The molecule has 0 saturated carbocycles. The number of aromatic hydroxyl groups is 2. The summed E-state index contributed by atoms with van der Waals surface area (Å²) in [6.07, 6.45) is 0. The number of phenolic OH excluding ortho intramolecular Hbond substituents is 2. The molecule has 2 rings (SSSR count). The first kappa shape index (κ1) is 16.4. The van der Waals surface area contributed by atoms with Crippen molar-refractivity contribution >= 4 is 9.84 Å². The van der Waals surface area contributed by atoms with E-state index in [2.05, 4.69) is 0 Å². The molecule has 0 atom stereocenters. The number of sulfone groups is 1. The minimum atomic E-state index is -3.93. The number of aryl methyl sites for hydroxylation is 3. The van der Waals surface area contributed by atoms with E-state index in [0.29, 0.717) is 27.8 Å². The lowest BCUT2D eigenvalue weighted by molar-refractivity contribution is 0.452. The summed E-state index contributed by atoms with van der Waals surface area (Å²) in [4.78, 5) is -0.0737. The lowest BCUT2D eigenvalue weighted by Crippen LogP contribution is -2.08. The van der Waals surface area contributed by atoms with Crippen molar-refractivity contribution in [1.29, 1.82) is 0 Å². The van der Waals surface area contributed by atoms with Crippen molar-refractivity contribution in [1.82, 2.24) is 0 Å². The zero-order valence-corrected chi connectivity index (χ0v) is 14.2. The van der Waals surface area contributed by atoms with Crippen LogP contribution >= 0.6 is 0 Å². The molecule has 118 valence electrons. The molecule has 0 radical (unpaired) electrons. The van der Waals surface area contributed by atoms with E-state index in [1.807, 2.05) is 0 Å². The van der Waals surface area contributed by atoms with Gasteiger partial charge in [0, 0.05) is 5.56 Å². The second kappa shape index (κ2) is 5.32. The van der Waals surface area contributed by atoms with Crippen LogP contribution < -0.4 is 0 Å². The highest BCUT2D eigenvalue weighted by Crippen LogP contribution is 2.38. The van der Waals surface area contributed by atoms with Crippen LogP contribution in [0.2, 0.25) is 0 Å². The maximum Gasteiger partial charge on any atom is 0.210 e. The summed E-state index contributed by atoms with van der Waals surface area (Å²) in [6.45, 7) is 8.34. The molecular weight excluding hydrogens is 300 g/mol. The lowest BCUT2D eigenvalue weighted by Gasteiger charge is -2.16. The predicted molar refractivity (Wildman–Crippen MR) is 85.4 cm³/mol. The Balaban J connectivity index is 2.87. The van der Waals surface area contributed by atoms with Crippen molar-refractivity contribution in [2.24, 2.45) is 0 Å². The number of hydrogen-bond donors (Lipinski definition) is 2. The van der Waals surface area contributed by atoms with Crippen molar-refractivity contribution in [3.05, 3.63) is 46.0 Å². The molecule has 0 fully saturated rings. The molecule has 22 heavy (non-hydrogen) atoms. The van der Waals surface area contributed by atoms with Crippen molar-refractivity contribution in [2.45, 2.75) is 44.4 Å². The summed E-state index contributed by atoms with van der Waals surface area (Å²) in [6, 6.07) is 4.88. The van der Waals surface area contributed by atoms with E-state index in [0.717, 1.165) is 0 Å². The van der Waals surface area contributed by atoms with E-state index < -0.39 is 9.84 Å². The van der Waals surface area contributed by atoms with Crippen LogP contribution in [-0.2, 0) is 9.84 Å². The van der Waals surface area contributed by atoms with E-state index in [9.17, 15) is 18.6 Å². The van der Waals surface area contributed by atoms with Gasteiger partial charge >= 0.3 is 0 Å².